The Bertz CT molecular complexity index is 1270. The molecule has 0 saturated carbocycles. The van der Waals surface area contributed by atoms with Gasteiger partial charge in [0.2, 0.25) is 5.91 Å². The number of fused-ring (bicyclic) bond motifs is 1. The number of aliphatic carboxylic acids is 2. The number of hydrogen-bond acceptors (Lipinski definition) is 7. The molecule has 0 bridgehead atoms. The number of amides is 2. The summed E-state index contributed by atoms with van der Waals surface area (Å²) in [7, 11) is 0. The lowest BCUT2D eigenvalue weighted by molar-refractivity contribution is -0.192. The largest absolute Gasteiger partial charge is 0.490 e. The molecule has 0 radical (unpaired) electrons. The van der Waals surface area contributed by atoms with Crippen molar-refractivity contribution in [1.29, 1.82) is 0 Å². The van der Waals surface area contributed by atoms with Crippen molar-refractivity contribution >= 4 is 53.4 Å². The standard InChI is InChI=1S/C23H21N3O4S2.C2HF3O2/c27-18(11-15-5-2-1-3-6-15)25-19-21(28)26-20(23(29)30)17(14-32-22(19)26)13-31-10-8-16-7-4-9-24-12-16;3-2(4,5)1(6)7/h1-10,12,19,22H,11,13-14H2,(H,25,27)(H,29,30);(H,6,7)/b10-8-;/t19?,22-;/m0./s1. The maximum atomic E-state index is 12.7. The third-order valence-electron chi connectivity index (χ3n) is 5.32. The average molecular weight is 582 g/mol. The summed E-state index contributed by atoms with van der Waals surface area (Å²) in [5.41, 5.74) is 2.55. The van der Waals surface area contributed by atoms with Gasteiger partial charge in [0.1, 0.15) is 17.1 Å². The molecule has 1 saturated heterocycles. The molecule has 2 amide bonds. The number of aromatic nitrogens is 1. The van der Waals surface area contributed by atoms with E-state index in [4.69, 9.17) is 9.90 Å². The van der Waals surface area contributed by atoms with Gasteiger partial charge in [0.25, 0.3) is 5.91 Å². The molecular weight excluding hydrogens is 559 g/mol. The Kier molecular flexibility index (Phi) is 10.2. The number of alkyl halides is 3. The van der Waals surface area contributed by atoms with E-state index in [9.17, 15) is 32.7 Å². The third kappa shape index (κ3) is 8.10. The van der Waals surface area contributed by atoms with Gasteiger partial charge >= 0.3 is 18.1 Å². The molecule has 2 aliphatic heterocycles. The van der Waals surface area contributed by atoms with Gasteiger partial charge in [-0.1, -0.05) is 36.4 Å². The first kappa shape index (κ1) is 29.8. The van der Waals surface area contributed by atoms with Crippen molar-refractivity contribution in [3.63, 3.8) is 0 Å². The fourth-order valence-corrected chi connectivity index (χ4v) is 5.81. The maximum absolute atomic E-state index is 12.7. The summed E-state index contributed by atoms with van der Waals surface area (Å²) in [5, 5.41) is 21.2. The number of benzene rings is 1. The maximum Gasteiger partial charge on any atom is 0.490 e. The van der Waals surface area contributed by atoms with E-state index < -0.39 is 29.5 Å². The Hall–Kier alpha value is -3.78. The van der Waals surface area contributed by atoms with E-state index in [-0.39, 0.29) is 23.9 Å². The topological polar surface area (TPSA) is 137 Å². The van der Waals surface area contributed by atoms with Crippen LogP contribution in [0, 0.1) is 0 Å². The molecule has 1 unspecified atom stereocenters. The van der Waals surface area contributed by atoms with Gasteiger partial charge in [0, 0.05) is 23.9 Å². The molecule has 2 atom stereocenters. The number of carboxylic acids is 2. The highest BCUT2D eigenvalue weighted by molar-refractivity contribution is 8.02. The molecule has 1 aromatic heterocycles. The number of carboxylic acid groups (broad SMARTS) is 2. The van der Waals surface area contributed by atoms with E-state index in [1.807, 2.05) is 53.9 Å². The molecule has 3 heterocycles. The molecule has 2 aromatic rings. The molecule has 4 rings (SSSR count). The second-order valence-corrected chi connectivity index (χ2v) is 10.1. The number of β-lactam (4-membered cyclic amide) rings is 1. The molecule has 0 spiro atoms. The fraction of sp³-hybridized carbons (Fsp3) is 0.240. The van der Waals surface area contributed by atoms with Crippen molar-refractivity contribution in [2.24, 2.45) is 0 Å². The summed E-state index contributed by atoms with van der Waals surface area (Å²) in [5.74, 6) is -3.55. The predicted molar refractivity (Wildman–Crippen MR) is 139 cm³/mol. The van der Waals surface area contributed by atoms with Gasteiger partial charge in [-0.2, -0.15) is 13.2 Å². The van der Waals surface area contributed by atoms with Crippen molar-refractivity contribution in [1.82, 2.24) is 15.2 Å². The monoisotopic (exact) mass is 581 g/mol. The Morgan fingerprint density at radius 3 is 2.44 bits per heavy atom. The fourth-order valence-electron chi connectivity index (χ4n) is 3.55. The van der Waals surface area contributed by atoms with Crippen LogP contribution >= 0.6 is 23.5 Å². The Labute approximate surface area is 229 Å². The zero-order valence-electron chi connectivity index (χ0n) is 20.0. The molecule has 2 aliphatic rings. The van der Waals surface area contributed by atoms with E-state index in [1.165, 1.54) is 28.4 Å². The Balaban J connectivity index is 0.000000532. The highest BCUT2D eigenvalue weighted by Crippen LogP contribution is 2.41. The Morgan fingerprint density at radius 1 is 1.15 bits per heavy atom. The van der Waals surface area contributed by atoms with E-state index in [0.717, 1.165) is 11.1 Å². The van der Waals surface area contributed by atoms with Crippen molar-refractivity contribution in [3.05, 3.63) is 82.7 Å². The average Bonchev–Trinajstić information content (AvgIpc) is 2.90. The van der Waals surface area contributed by atoms with Crippen LogP contribution in [0.3, 0.4) is 0 Å². The van der Waals surface area contributed by atoms with Gasteiger partial charge in [0.15, 0.2) is 0 Å². The van der Waals surface area contributed by atoms with Crippen LogP contribution in [-0.4, -0.2) is 72.9 Å². The quantitative estimate of drug-likeness (QED) is 0.401. The number of carbonyl (C=O) groups is 4. The highest BCUT2D eigenvalue weighted by Gasteiger charge is 2.54. The van der Waals surface area contributed by atoms with E-state index in [0.29, 0.717) is 17.1 Å². The number of pyridine rings is 1. The van der Waals surface area contributed by atoms with Crippen LogP contribution in [0.2, 0.25) is 0 Å². The number of nitrogens with one attached hydrogen (secondary N) is 1. The summed E-state index contributed by atoms with van der Waals surface area (Å²) < 4.78 is 31.7. The van der Waals surface area contributed by atoms with Crippen LogP contribution < -0.4 is 5.32 Å². The van der Waals surface area contributed by atoms with E-state index in [1.54, 1.807) is 12.4 Å². The number of carbonyl (C=O) groups excluding carboxylic acids is 2. The molecule has 1 aromatic carbocycles. The van der Waals surface area contributed by atoms with Crippen molar-refractivity contribution in [3.8, 4) is 0 Å². The molecule has 0 aliphatic carbocycles. The first-order valence-electron chi connectivity index (χ1n) is 11.2. The molecule has 206 valence electrons. The van der Waals surface area contributed by atoms with Crippen LogP contribution in [0.25, 0.3) is 6.08 Å². The van der Waals surface area contributed by atoms with Gasteiger partial charge in [0.05, 0.1) is 6.42 Å². The highest BCUT2D eigenvalue weighted by atomic mass is 32.2. The summed E-state index contributed by atoms with van der Waals surface area (Å²) >= 11 is 2.94. The normalized spacial score (nSPS) is 18.5. The molecule has 1 fully saturated rings. The number of halogens is 3. The molecule has 14 heteroatoms. The van der Waals surface area contributed by atoms with Gasteiger partial charge in [-0.15, -0.1) is 23.5 Å². The second-order valence-electron chi connectivity index (χ2n) is 8.08. The zero-order chi connectivity index (χ0) is 28.6. The summed E-state index contributed by atoms with van der Waals surface area (Å²) in [6, 6.07) is 12.3. The van der Waals surface area contributed by atoms with Crippen molar-refractivity contribution in [2.75, 3.05) is 11.5 Å². The van der Waals surface area contributed by atoms with E-state index in [2.05, 4.69) is 10.3 Å². The van der Waals surface area contributed by atoms with Gasteiger partial charge in [-0.05, 0) is 34.3 Å². The SMILES string of the molecule is O=C(Cc1ccccc1)NC1C(=O)N2C(C(=O)O)=C(CS/C=C\c3cccnc3)CS[C@@H]12.O=C(O)C(F)(F)F. The molecule has 39 heavy (non-hydrogen) atoms. The summed E-state index contributed by atoms with van der Waals surface area (Å²) in [4.78, 5) is 51.3. The lowest BCUT2D eigenvalue weighted by atomic mass is 10.0. The Morgan fingerprint density at radius 2 is 1.85 bits per heavy atom. The molecular formula is C25H22F3N3O6S2. The van der Waals surface area contributed by atoms with Crippen LogP contribution in [0.15, 0.2) is 71.5 Å². The van der Waals surface area contributed by atoms with Gasteiger partial charge < -0.3 is 15.5 Å². The minimum Gasteiger partial charge on any atom is -0.477 e. The molecule has 3 N–H and O–H groups in total. The summed E-state index contributed by atoms with van der Waals surface area (Å²) in [6.45, 7) is 0. The first-order valence-corrected chi connectivity index (χ1v) is 13.3. The predicted octanol–water partition coefficient (Wildman–Crippen LogP) is 3.40. The van der Waals surface area contributed by atoms with Crippen molar-refractivity contribution in [2.45, 2.75) is 24.0 Å². The smallest absolute Gasteiger partial charge is 0.477 e. The van der Waals surface area contributed by atoms with Crippen LogP contribution in [0.4, 0.5) is 13.2 Å². The van der Waals surface area contributed by atoms with Gasteiger partial charge in [-0.3, -0.25) is 19.5 Å². The number of thioether (sulfide) groups is 2. The van der Waals surface area contributed by atoms with Gasteiger partial charge in [-0.25, -0.2) is 9.59 Å². The van der Waals surface area contributed by atoms with Crippen molar-refractivity contribution < 1.29 is 42.6 Å². The molecule has 9 nitrogen and oxygen atoms in total. The van der Waals surface area contributed by atoms with Crippen LogP contribution in [-0.2, 0) is 25.6 Å². The second kappa shape index (κ2) is 13.3. The summed E-state index contributed by atoms with van der Waals surface area (Å²) in [6.07, 6.45) is 0.440. The minimum atomic E-state index is -5.08. The minimum absolute atomic E-state index is 0.0367. The zero-order valence-corrected chi connectivity index (χ0v) is 21.6. The number of rotatable bonds is 8. The lowest BCUT2D eigenvalue weighted by Gasteiger charge is -2.49. The van der Waals surface area contributed by atoms with E-state index >= 15 is 0 Å². The third-order valence-corrected chi connectivity index (χ3v) is 7.50. The van der Waals surface area contributed by atoms with Crippen LogP contribution in [0.5, 0.6) is 0 Å². The lowest BCUT2D eigenvalue weighted by Crippen LogP contribution is -2.70. The van der Waals surface area contributed by atoms with Crippen LogP contribution in [0.1, 0.15) is 11.1 Å². The number of hydrogen-bond donors (Lipinski definition) is 3. The first-order chi connectivity index (χ1) is 18.5. The number of nitrogens with zero attached hydrogens (tertiary/aromatic N) is 2.